The first-order valence-corrected chi connectivity index (χ1v) is 6.60. The Morgan fingerprint density at radius 2 is 2.22 bits per heavy atom. The highest BCUT2D eigenvalue weighted by Crippen LogP contribution is 2.57. The molecule has 1 aliphatic heterocycles. The molecule has 2 saturated carbocycles. The third kappa shape index (κ3) is 1.72. The Labute approximate surface area is 106 Å². The molecule has 3 fully saturated rings. The highest BCUT2D eigenvalue weighted by molar-refractivity contribution is 5.85. The van der Waals surface area contributed by atoms with Crippen molar-refractivity contribution in [3.63, 3.8) is 0 Å². The van der Waals surface area contributed by atoms with Crippen LogP contribution in [0.1, 0.15) is 12.8 Å². The Hall–Kier alpha value is -1.10. The lowest BCUT2D eigenvalue weighted by Crippen LogP contribution is -2.34. The summed E-state index contributed by atoms with van der Waals surface area (Å²) in [6.07, 6.45) is 1.88. The molecule has 3 rings (SSSR count). The van der Waals surface area contributed by atoms with Crippen LogP contribution in [-0.2, 0) is 19.1 Å². The van der Waals surface area contributed by atoms with Gasteiger partial charge in [0, 0.05) is 12.5 Å². The molecule has 100 valence electrons. The van der Waals surface area contributed by atoms with Crippen molar-refractivity contribution < 1.29 is 19.1 Å². The van der Waals surface area contributed by atoms with Crippen LogP contribution >= 0.6 is 0 Å². The SMILES string of the molecule is CN(C)CCOC(=O)[C@H]1[C@H]2C[C@@H]3[C@@H]1C(=O)O[C@@H]3C2. The Balaban J connectivity index is 1.63. The molecule has 5 nitrogen and oxygen atoms in total. The maximum Gasteiger partial charge on any atom is 0.310 e. The zero-order valence-electron chi connectivity index (χ0n) is 10.8. The van der Waals surface area contributed by atoms with Crippen LogP contribution in [-0.4, -0.2) is 50.2 Å². The van der Waals surface area contributed by atoms with Gasteiger partial charge in [-0.15, -0.1) is 0 Å². The topological polar surface area (TPSA) is 55.8 Å². The number of likely N-dealkylation sites (N-methyl/N-ethyl adjacent to an activating group) is 1. The summed E-state index contributed by atoms with van der Waals surface area (Å²) in [5, 5.41) is 0. The van der Waals surface area contributed by atoms with E-state index in [9.17, 15) is 9.59 Å². The smallest absolute Gasteiger partial charge is 0.310 e. The molecule has 5 atom stereocenters. The minimum atomic E-state index is -0.247. The van der Waals surface area contributed by atoms with Gasteiger partial charge in [0.05, 0.1) is 11.8 Å². The van der Waals surface area contributed by atoms with Gasteiger partial charge < -0.3 is 14.4 Å². The van der Waals surface area contributed by atoms with E-state index in [2.05, 4.69) is 0 Å². The summed E-state index contributed by atoms with van der Waals surface area (Å²) in [7, 11) is 3.87. The molecular weight excluding hydrogens is 234 g/mol. The second kappa shape index (κ2) is 4.23. The molecule has 1 saturated heterocycles. The van der Waals surface area contributed by atoms with Crippen LogP contribution in [0, 0.1) is 23.7 Å². The fourth-order valence-electron chi connectivity index (χ4n) is 3.75. The molecule has 0 amide bonds. The van der Waals surface area contributed by atoms with Crippen molar-refractivity contribution >= 4 is 11.9 Å². The van der Waals surface area contributed by atoms with E-state index in [4.69, 9.17) is 9.47 Å². The highest BCUT2D eigenvalue weighted by atomic mass is 16.6. The van der Waals surface area contributed by atoms with E-state index in [0.29, 0.717) is 19.1 Å². The molecule has 5 heteroatoms. The van der Waals surface area contributed by atoms with E-state index < -0.39 is 0 Å². The Kier molecular flexibility index (Phi) is 2.81. The summed E-state index contributed by atoms with van der Waals surface area (Å²) in [5.41, 5.74) is 0. The zero-order chi connectivity index (χ0) is 12.9. The third-order valence-electron chi connectivity index (χ3n) is 4.54. The molecule has 3 aliphatic rings. The van der Waals surface area contributed by atoms with Crippen molar-refractivity contribution in [1.82, 2.24) is 4.90 Å². The first-order chi connectivity index (χ1) is 8.58. The maximum atomic E-state index is 12.1. The second-order valence-electron chi connectivity index (χ2n) is 5.89. The number of ether oxygens (including phenoxy) is 2. The van der Waals surface area contributed by atoms with Gasteiger partial charge >= 0.3 is 11.9 Å². The van der Waals surface area contributed by atoms with Gasteiger partial charge in [-0.05, 0) is 32.9 Å². The quantitative estimate of drug-likeness (QED) is 0.674. The standard InChI is InChI=1S/C13H19NO4/c1-14(2)3-4-17-12(15)10-7-5-8-9(6-7)18-13(16)11(8)10/h7-11H,3-6H2,1-2H3/t7-,8-,9+,10-,11-/m0/s1. The summed E-state index contributed by atoms with van der Waals surface area (Å²) >= 11 is 0. The lowest BCUT2D eigenvalue weighted by Gasteiger charge is -2.23. The monoisotopic (exact) mass is 253 g/mol. The van der Waals surface area contributed by atoms with Crippen molar-refractivity contribution in [2.24, 2.45) is 23.7 Å². The van der Waals surface area contributed by atoms with Crippen molar-refractivity contribution in [1.29, 1.82) is 0 Å². The van der Waals surface area contributed by atoms with Gasteiger partial charge in [-0.25, -0.2) is 0 Å². The van der Waals surface area contributed by atoms with Crippen LogP contribution < -0.4 is 0 Å². The van der Waals surface area contributed by atoms with Crippen molar-refractivity contribution in [3.8, 4) is 0 Å². The molecule has 1 heterocycles. The van der Waals surface area contributed by atoms with E-state index in [1.54, 1.807) is 0 Å². The number of fused-ring (bicyclic) bond motifs is 1. The van der Waals surface area contributed by atoms with E-state index in [-0.39, 0.29) is 35.8 Å². The van der Waals surface area contributed by atoms with Crippen LogP contribution in [0.4, 0.5) is 0 Å². The lowest BCUT2D eigenvalue weighted by molar-refractivity contribution is -0.156. The van der Waals surface area contributed by atoms with Gasteiger partial charge in [0.25, 0.3) is 0 Å². The predicted molar refractivity (Wildman–Crippen MR) is 62.6 cm³/mol. The average Bonchev–Trinajstić information content (AvgIpc) is 2.88. The summed E-state index contributed by atoms with van der Waals surface area (Å²) in [4.78, 5) is 25.8. The summed E-state index contributed by atoms with van der Waals surface area (Å²) in [6.45, 7) is 1.11. The van der Waals surface area contributed by atoms with Crippen LogP contribution in [0.3, 0.4) is 0 Å². The molecule has 0 unspecified atom stereocenters. The van der Waals surface area contributed by atoms with Gasteiger partial charge in [-0.1, -0.05) is 0 Å². The van der Waals surface area contributed by atoms with Crippen LogP contribution in [0.5, 0.6) is 0 Å². The molecule has 0 radical (unpaired) electrons. The maximum absolute atomic E-state index is 12.1. The van der Waals surface area contributed by atoms with Gasteiger partial charge in [0.15, 0.2) is 0 Å². The van der Waals surface area contributed by atoms with Crippen molar-refractivity contribution in [2.45, 2.75) is 18.9 Å². The predicted octanol–water partition coefficient (Wildman–Crippen LogP) is 0.289. The van der Waals surface area contributed by atoms with E-state index in [1.165, 1.54) is 0 Å². The first-order valence-electron chi connectivity index (χ1n) is 6.60. The van der Waals surface area contributed by atoms with Crippen LogP contribution in [0.25, 0.3) is 0 Å². The Bertz CT molecular complexity index is 379. The summed E-state index contributed by atoms with van der Waals surface area (Å²) < 4.78 is 10.6. The molecule has 0 aromatic rings. The van der Waals surface area contributed by atoms with E-state index >= 15 is 0 Å². The molecule has 0 spiro atoms. The minimum absolute atomic E-state index is 0.0818. The number of carbonyl (C=O) groups is 2. The molecule has 2 bridgehead atoms. The molecule has 0 N–H and O–H groups in total. The highest BCUT2D eigenvalue weighted by Gasteiger charge is 2.64. The Morgan fingerprint density at radius 1 is 1.44 bits per heavy atom. The number of carbonyl (C=O) groups excluding carboxylic acids is 2. The third-order valence-corrected chi connectivity index (χ3v) is 4.54. The van der Waals surface area contributed by atoms with Crippen molar-refractivity contribution in [2.75, 3.05) is 27.2 Å². The average molecular weight is 253 g/mol. The molecule has 0 aromatic carbocycles. The molecule has 0 aromatic heterocycles. The van der Waals surface area contributed by atoms with Gasteiger partial charge in [-0.3, -0.25) is 9.59 Å². The van der Waals surface area contributed by atoms with E-state index in [1.807, 2.05) is 19.0 Å². The Morgan fingerprint density at radius 3 is 2.94 bits per heavy atom. The second-order valence-corrected chi connectivity index (χ2v) is 5.89. The fraction of sp³-hybridized carbons (Fsp3) is 0.846. The van der Waals surface area contributed by atoms with Gasteiger partial charge in [-0.2, -0.15) is 0 Å². The number of hydrogen-bond donors (Lipinski definition) is 0. The fourth-order valence-corrected chi connectivity index (χ4v) is 3.75. The number of rotatable bonds is 4. The number of esters is 2. The summed E-state index contributed by atoms with van der Waals surface area (Å²) in [5.74, 6) is -0.285. The lowest BCUT2D eigenvalue weighted by atomic mass is 9.80. The number of nitrogens with zero attached hydrogens (tertiary/aromatic N) is 1. The minimum Gasteiger partial charge on any atom is -0.464 e. The normalized spacial score (nSPS) is 40.4. The van der Waals surface area contributed by atoms with Gasteiger partial charge in [0.1, 0.15) is 12.7 Å². The molecular formula is C13H19NO4. The van der Waals surface area contributed by atoms with Crippen LogP contribution in [0.15, 0.2) is 0 Å². The van der Waals surface area contributed by atoms with E-state index in [0.717, 1.165) is 12.8 Å². The number of hydrogen-bond acceptors (Lipinski definition) is 5. The van der Waals surface area contributed by atoms with Crippen LogP contribution in [0.2, 0.25) is 0 Å². The molecule has 18 heavy (non-hydrogen) atoms. The molecule has 2 aliphatic carbocycles. The van der Waals surface area contributed by atoms with Gasteiger partial charge in [0.2, 0.25) is 0 Å². The summed E-state index contributed by atoms with van der Waals surface area (Å²) in [6, 6.07) is 0. The van der Waals surface area contributed by atoms with Crippen molar-refractivity contribution in [3.05, 3.63) is 0 Å². The first kappa shape index (κ1) is 12.0. The largest absolute Gasteiger partial charge is 0.464 e. The zero-order valence-corrected chi connectivity index (χ0v) is 10.8.